The minimum Gasteiger partial charge on any atom is -0.330 e. The molecule has 0 radical (unpaired) electrons. The minimum atomic E-state index is -0.600. The number of carbonyl (C=O) groups is 1. The second-order valence-electron chi connectivity index (χ2n) is 2.46. The molecule has 4 N–H and O–H groups in total. The molecule has 0 amide bonds. The smallest absolute Gasteiger partial charge is 0.330 e. The largest absolute Gasteiger partial charge is 0.358 e. The summed E-state index contributed by atoms with van der Waals surface area (Å²) in [5.41, 5.74) is 10.7. The highest BCUT2D eigenvalue weighted by Gasteiger charge is 2.14. The topological polar surface area (TPSA) is 87.6 Å². The molecule has 5 heteroatoms. The number of hydrogen-bond acceptors (Lipinski definition) is 5. The summed E-state index contributed by atoms with van der Waals surface area (Å²) in [6.07, 6.45) is 2.28. The monoisotopic (exact) mass is 176 g/mol. The van der Waals surface area contributed by atoms with Crippen molar-refractivity contribution in [3.63, 3.8) is 0 Å². The van der Waals surface area contributed by atoms with Crippen LogP contribution in [0.1, 0.15) is 19.3 Å². The summed E-state index contributed by atoms with van der Waals surface area (Å²) in [6, 6.07) is -0.600. The lowest BCUT2D eigenvalue weighted by atomic mass is 10.1. The van der Waals surface area contributed by atoms with Crippen molar-refractivity contribution in [1.82, 2.24) is 0 Å². The predicted molar refractivity (Wildman–Crippen MR) is 44.0 cm³/mol. The highest BCUT2D eigenvalue weighted by Crippen LogP contribution is 1.99. The van der Waals surface area contributed by atoms with Crippen molar-refractivity contribution in [3.8, 4) is 0 Å². The summed E-state index contributed by atoms with van der Waals surface area (Å²) < 4.78 is 0. The third kappa shape index (κ3) is 5.06. The van der Waals surface area contributed by atoms with Crippen LogP contribution in [0.5, 0.6) is 0 Å². The van der Waals surface area contributed by atoms with Crippen LogP contribution in [0.25, 0.3) is 0 Å². The van der Waals surface area contributed by atoms with E-state index in [4.69, 9.17) is 11.5 Å². The number of rotatable bonds is 6. The third-order valence-electron chi connectivity index (χ3n) is 1.44. The lowest BCUT2D eigenvalue weighted by Crippen LogP contribution is -2.32. The molecule has 0 fully saturated rings. The zero-order valence-corrected chi connectivity index (χ0v) is 7.29. The minimum absolute atomic E-state index is 0.533. The van der Waals surface area contributed by atoms with E-state index in [2.05, 4.69) is 9.78 Å². The van der Waals surface area contributed by atoms with Crippen LogP contribution in [0, 0.1) is 0 Å². The fraction of sp³-hybridized carbons (Fsp3) is 0.857. The first kappa shape index (κ1) is 11.4. The van der Waals surface area contributed by atoms with Crippen molar-refractivity contribution in [1.29, 1.82) is 0 Å². The van der Waals surface area contributed by atoms with E-state index < -0.39 is 12.0 Å². The van der Waals surface area contributed by atoms with Crippen LogP contribution in [0.2, 0.25) is 0 Å². The first-order valence-electron chi connectivity index (χ1n) is 3.92. The molecule has 0 aromatic heterocycles. The van der Waals surface area contributed by atoms with Gasteiger partial charge in [0.15, 0.2) is 0 Å². The SMILES string of the molecule is COOC(=O)C(N)CCCCN. The quantitative estimate of drug-likeness (QED) is 0.325. The summed E-state index contributed by atoms with van der Waals surface area (Å²) in [6.45, 7) is 0.617. The Labute approximate surface area is 71.9 Å². The van der Waals surface area contributed by atoms with Crippen molar-refractivity contribution < 1.29 is 14.6 Å². The third-order valence-corrected chi connectivity index (χ3v) is 1.44. The van der Waals surface area contributed by atoms with Gasteiger partial charge in [0.05, 0.1) is 7.11 Å². The summed E-state index contributed by atoms with van der Waals surface area (Å²) in [4.78, 5) is 19.2. The van der Waals surface area contributed by atoms with Gasteiger partial charge in [-0.05, 0) is 19.4 Å². The summed E-state index contributed by atoms with van der Waals surface area (Å²) >= 11 is 0. The maximum atomic E-state index is 10.8. The molecule has 1 atom stereocenters. The Bertz CT molecular complexity index is 130. The van der Waals surface area contributed by atoms with Gasteiger partial charge in [-0.1, -0.05) is 6.42 Å². The lowest BCUT2D eigenvalue weighted by molar-refractivity contribution is -0.256. The van der Waals surface area contributed by atoms with Gasteiger partial charge in [0.25, 0.3) is 0 Å². The molecule has 0 aromatic carbocycles. The van der Waals surface area contributed by atoms with E-state index in [-0.39, 0.29) is 0 Å². The molecule has 0 saturated carbocycles. The molecular formula is C7H16N2O3. The van der Waals surface area contributed by atoms with Crippen LogP contribution in [-0.2, 0) is 14.6 Å². The lowest BCUT2D eigenvalue weighted by Gasteiger charge is -2.07. The van der Waals surface area contributed by atoms with Crippen molar-refractivity contribution in [2.45, 2.75) is 25.3 Å². The van der Waals surface area contributed by atoms with Gasteiger partial charge in [-0.2, -0.15) is 4.89 Å². The Kier molecular flexibility index (Phi) is 6.64. The van der Waals surface area contributed by atoms with Gasteiger partial charge >= 0.3 is 5.97 Å². The summed E-state index contributed by atoms with van der Waals surface area (Å²) in [7, 11) is 1.27. The molecule has 0 rings (SSSR count). The molecule has 0 saturated heterocycles. The highest BCUT2D eigenvalue weighted by atomic mass is 17.2. The number of unbranched alkanes of at least 4 members (excludes halogenated alkanes) is 1. The van der Waals surface area contributed by atoms with E-state index in [9.17, 15) is 4.79 Å². The number of nitrogens with two attached hydrogens (primary N) is 2. The Morgan fingerprint density at radius 3 is 2.67 bits per heavy atom. The zero-order valence-electron chi connectivity index (χ0n) is 7.29. The molecule has 0 aliphatic carbocycles. The molecule has 1 unspecified atom stereocenters. The van der Waals surface area contributed by atoms with Crippen LogP contribution in [0.3, 0.4) is 0 Å². The second-order valence-corrected chi connectivity index (χ2v) is 2.46. The van der Waals surface area contributed by atoms with Crippen LogP contribution < -0.4 is 11.5 Å². The second kappa shape index (κ2) is 7.02. The van der Waals surface area contributed by atoms with Gasteiger partial charge in [0.1, 0.15) is 6.04 Å². The van der Waals surface area contributed by atoms with E-state index in [0.29, 0.717) is 13.0 Å². The van der Waals surface area contributed by atoms with Crippen molar-refractivity contribution in [2.75, 3.05) is 13.7 Å². The van der Waals surface area contributed by atoms with Crippen molar-refractivity contribution >= 4 is 5.97 Å². The molecule has 0 aromatic rings. The maximum absolute atomic E-state index is 10.8. The summed E-state index contributed by atoms with van der Waals surface area (Å²) in [5.74, 6) is -0.533. The van der Waals surface area contributed by atoms with E-state index in [0.717, 1.165) is 12.8 Å². The molecule has 0 bridgehead atoms. The molecule has 0 aliphatic heterocycles. The first-order valence-corrected chi connectivity index (χ1v) is 3.92. The van der Waals surface area contributed by atoms with Crippen LogP contribution in [-0.4, -0.2) is 25.7 Å². The van der Waals surface area contributed by atoms with E-state index in [1.54, 1.807) is 0 Å². The molecule has 0 aliphatic rings. The molecular weight excluding hydrogens is 160 g/mol. The van der Waals surface area contributed by atoms with Gasteiger partial charge < -0.3 is 11.5 Å². The van der Waals surface area contributed by atoms with Crippen LogP contribution in [0.15, 0.2) is 0 Å². The van der Waals surface area contributed by atoms with Gasteiger partial charge in [-0.15, -0.1) is 0 Å². The fourth-order valence-corrected chi connectivity index (χ4v) is 0.770. The molecule has 0 spiro atoms. The fourth-order valence-electron chi connectivity index (χ4n) is 0.770. The average Bonchev–Trinajstić information content (AvgIpc) is 2.05. The van der Waals surface area contributed by atoms with E-state index in [1.807, 2.05) is 0 Å². The highest BCUT2D eigenvalue weighted by molar-refractivity contribution is 5.74. The van der Waals surface area contributed by atoms with Crippen molar-refractivity contribution in [3.05, 3.63) is 0 Å². The molecule has 72 valence electrons. The van der Waals surface area contributed by atoms with Crippen molar-refractivity contribution in [2.24, 2.45) is 11.5 Å². The zero-order chi connectivity index (χ0) is 9.40. The van der Waals surface area contributed by atoms with Gasteiger partial charge in [-0.3, -0.25) is 4.89 Å². The van der Waals surface area contributed by atoms with Crippen LogP contribution in [0.4, 0.5) is 0 Å². The van der Waals surface area contributed by atoms with Gasteiger partial charge in [-0.25, -0.2) is 4.79 Å². The number of hydrogen-bond donors (Lipinski definition) is 2. The summed E-state index contributed by atoms with van der Waals surface area (Å²) in [5, 5.41) is 0. The van der Waals surface area contributed by atoms with Gasteiger partial charge in [0, 0.05) is 0 Å². The van der Waals surface area contributed by atoms with E-state index in [1.165, 1.54) is 7.11 Å². The molecule has 5 nitrogen and oxygen atoms in total. The first-order chi connectivity index (χ1) is 5.72. The van der Waals surface area contributed by atoms with Gasteiger partial charge in [0.2, 0.25) is 0 Å². The van der Waals surface area contributed by atoms with Crippen LogP contribution >= 0.6 is 0 Å². The molecule has 12 heavy (non-hydrogen) atoms. The Balaban J connectivity index is 3.42. The van der Waals surface area contributed by atoms with E-state index >= 15 is 0 Å². The Morgan fingerprint density at radius 2 is 2.17 bits per heavy atom. The normalized spacial score (nSPS) is 12.6. The number of carbonyl (C=O) groups excluding carboxylic acids is 1. The Hall–Kier alpha value is -0.650. The Morgan fingerprint density at radius 1 is 1.50 bits per heavy atom. The molecule has 0 heterocycles. The predicted octanol–water partition coefficient (Wildman–Crippen LogP) is -0.453. The average molecular weight is 176 g/mol. The standard InChI is InChI=1S/C7H16N2O3/c1-11-12-7(10)6(9)4-2-3-5-8/h6H,2-5,8-9H2,1H3. The maximum Gasteiger partial charge on any atom is 0.358 e.